The van der Waals surface area contributed by atoms with Crippen LogP contribution in [0.25, 0.3) is 0 Å². The molecule has 2 heteroatoms. The van der Waals surface area contributed by atoms with E-state index >= 15 is 0 Å². The standard InChI is InChI=1S/C15H34N2/c1-6-8-9-12-17(14(3)4)13-11-16-15(5)10-7-2/h14-16H,6-13H2,1-5H3. The van der Waals surface area contributed by atoms with Crippen molar-refractivity contribution in [2.75, 3.05) is 19.6 Å². The van der Waals surface area contributed by atoms with Gasteiger partial charge >= 0.3 is 0 Å². The second kappa shape index (κ2) is 11.0. The Hall–Kier alpha value is -0.0800. The average Bonchev–Trinajstić information content (AvgIpc) is 2.27. The van der Waals surface area contributed by atoms with Crippen LogP contribution in [0, 0.1) is 0 Å². The lowest BCUT2D eigenvalue weighted by Crippen LogP contribution is -2.39. The van der Waals surface area contributed by atoms with E-state index in [0.717, 1.165) is 6.54 Å². The lowest BCUT2D eigenvalue weighted by molar-refractivity contribution is 0.215. The van der Waals surface area contributed by atoms with E-state index in [1.165, 1.54) is 45.2 Å². The smallest absolute Gasteiger partial charge is 0.0110 e. The van der Waals surface area contributed by atoms with Crippen molar-refractivity contribution in [1.29, 1.82) is 0 Å². The molecule has 1 unspecified atom stereocenters. The van der Waals surface area contributed by atoms with Crippen molar-refractivity contribution in [1.82, 2.24) is 10.2 Å². The zero-order valence-corrected chi connectivity index (χ0v) is 12.8. The first-order chi connectivity index (χ1) is 8.11. The summed E-state index contributed by atoms with van der Waals surface area (Å²) in [4.78, 5) is 2.60. The molecule has 1 N–H and O–H groups in total. The van der Waals surface area contributed by atoms with Crippen LogP contribution in [0.4, 0.5) is 0 Å². The molecule has 104 valence electrons. The van der Waals surface area contributed by atoms with Crippen LogP contribution in [-0.2, 0) is 0 Å². The van der Waals surface area contributed by atoms with Gasteiger partial charge in [-0.05, 0) is 40.2 Å². The molecule has 1 atom stereocenters. The van der Waals surface area contributed by atoms with E-state index in [4.69, 9.17) is 0 Å². The molecule has 0 radical (unpaired) electrons. The molecule has 0 heterocycles. The summed E-state index contributed by atoms with van der Waals surface area (Å²) in [7, 11) is 0. The highest BCUT2D eigenvalue weighted by molar-refractivity contribution is 4.66. The van der Waals surface area contributed by atoms with Gasteiger partial charge in [0.2, 0.25) is 0 Å². The predicted molar refractivity (Wildman–Crippen MR) is 78.6 cm³/mol. The molecule has 0 aromatic carbocycles. The Labute approximate surface area is 109 Å². The van der Waals surface area contributed by atoms with Gasteiger partial charge in [0.25, 0.3) is 0 Å². The third-order valence-electron chi connectivity index (χ3n) is 3.39. The molecule has 0 bridgehead atoms. The van der Waals surface area contributed by atoms with Gasteiger partial charge in [-0.15, -0.1) is 0 Å². The molecule has 17 heavy (non-hydrogen) atoms. The molecule has 0 aromatic heterocycles. The van der Waals surface area contributed by atoms with E-state index in [0.29, 0.717) is 12.1 Å². The maximum atomic E-state index is 3.62. The minimum absolute atomic E-state index is 0.671. The highest BCUT2D eigenvalue weighted by Crippen LogP contribution is 2.03. The van der Waals surface area contributed by atoms with Crippen LogP contribution < -0.4 is 5.32 Å². The molecule has 0 saturated carbocycles. The molecule has 0 spiro atoms. The number of hydrogen-bond acceptors (Lipinski definition) is 2. The summed E-state index contributed by atoms with van der Waals surface area (Å²) >= 11 is 0. The minimum Gasteiger partial charge on any atom is -0.313 e. The molecule has 0 rings (SSSR count). The van der Waals surface area contributed by atoms with Crippen LogP contribution >= 0.6 is 0 Å². The number of hydrogen-bond donors (Lipinski definition) is 1. The molecule has 0 saturated heterocycles. The molecule has 0 amide bonds. The molecule has 0 aliphatic heterocycles. The third-order valence-corrected chi connectivity index (χ3v) is 3.39. The largest absolute Gasteiger partial charge is 0.313 e. The Morgan fingerprint density at radius 3 is 2.18 bits per heavy atom. The van der Waals surface area contributed by atoms with Crippen LogP contribution in [0.2, 0.25) is 0 Å². The van der Waals surface area contributed by atoms with E-state index in [9.17, 15) is 0 Å². The van der Waals surface area contributed by atoms with Gasteiger partial charge in [-0.1, -0.05) is 33.1 Å². The van der Waals surface area contributed by atoms with Crippen molar-refractivity contribution in [2.45, 2.75) is 78.8 Å². The fraction of sp³-hybridized carbons (Fsp3) is 1.00. The molecule has 0 aromatic rings. The maximum Gasteiger partial charge on any atom is 0.0110 e. The lowest BCUT2D eigenvalue weighted by atomic mass is 10.2. The predicted octanol–water partition coefficient (Wildman–Crippen LogP) is 3.67. The van der Waals surface area contributed by atoms with Crippen molar-refractivity contribution in [2.24, 2.45) is 0 Å². The second-order valence-electron chi connectivity index (χ2n) is 5.48. The number of nitrogens with zero attached hydrogens (tertiary/aromatic N) is 1. The fourth-order valence-corrected chi connectivity index (χ4v) is 2.18. The monoisotopic (exact) mass is 242 g/mol. The number of nitrogens with one attached hydrogen (secondary N) is 1. The molecular formula is C15H34N2. The normalized spacial score (nSPS) is 13.6. The Morgan fingerprint density at radius 2 is 1.65 bits per heavy atom. The Bertz CT molecular complexity index is 157. The molecule has 0 fully saturated rings. The highest BCUT2D eigenvalue weighted by atomic mass is 15.2. The van der Waals surface area contributed by atoms with Crippen LogP contribution in [-0.4, -0.2) is 36.6 Å². The van der Waals surface area contributed by atoms with Crippen molar-refractivity contribution in [3.05, 3.63) is 0 Å². The first-order valence-electron chi connectivity index (χ1n) is 7.59. The van der Waals surface area contributed by atoms with Crippen LogP contribution in [0.15, 0.2) is 0 Å². The number of rotatable bonds is 11. The Morgan fingerprint density at radius 1 is 0.941 bits per heavy atom. The van der Waals surface area contributed by atoms with Crippen LogP contribution in [0.1, 0.15) is 66.7 Å². The van der Waals surface area contributed by atoms with Gasteiger partial charge < -0.3 is 5.32 Å². The van der Waals surface area contributed by atoms with Crippen molar-refractivity contribution in [3.63, 3.8) is 0 Å². The van der Waals surface area contributed by atoms with Crippen molar-refractivity contribution in [3.8, 4) is 0 Å². The topological polar surface area (TPSA) is 15.3 Å². The summed E-state index contributed by atoms with van der Waals surface area (Å²) < 4.78 is 0. The highest BCUT2D eigenvalue weighted by Gasteiger charge is 2.08. The third kappa shape index (κ3) is 9.61. The van der Waals surface area contributed by atoms with Gasteiger partial charge in [-0.2, -0.15) is 0 Å². The van der Waals surface area contributed by atoms with E-state index < -0.39 is 0 Å². The Balaban J connectivity index is 3.69. The fourth-order valence-electron chi connectivity index (χ4n) is 2.18. The molecule has 2 nitrogen and oxygen atoms in total. The van der Waals surface area contributed by atoms with Gasteiger partial charge in [-0.3, -0.25) is 4.90 Å². The van der Waals surface area contributed by atoms with Crippen LogP contribution in [0.5, 0.6) is 0 Å². The van der Waals surface area contributed by atoms with Gasteiger partial charge in [-0.25, -0.2) is 0 Å². The summed E-state index contributed by atoms with van der Waals surface area (Å²) in [6.07, 6.45) is 6.59. The lowest BCUT2D eigenvalue weighted by Gasteiger charge is -2.27. The molecule has 0 aliphatic rings. The quantitative estimate of drug-likeness (QED) is 0.556. The van der Waals surface area contributed by atoms with Gasteiger partial charge in [0.15, 0.2) is 0 Å². The average molecular weight is 242 g/mol. The SMILES string of the molecule is CCCCCN(CCNC(C)CCC)C(C)C. The van der Waals surface area contributed by atoms with E-state index in [2.05, 4.69) is 44.8 Å². The Kier molecular flexibility index (Phi) is 11.0. The zero-order chi connectivity index (χ0) is 13.1. The van der Waals surface area contributed by atoms with Gasteiger partial charge in [0, 0.05) is 25.2 Å². The van der Waals surface area contributed by atoms with Gasteiger partial charge in [0.1, 0.15) is 0 Å². The summed E-state index contributed by atoms with van der Waals surface area (Å²) in [5.74, 6) is 0. The van der Waals surface area contributed by atoms with Crippen molar-refractivity contribution >= 4 is 0 Å². The molecular weight excluding hydrogens is 208 g/mol. The summed E-state index contributed by atoms with van der Waals surface area (Å²) in [6, 6.07) is 1.35. The van der Waals surface area contributed by atoms with E-state index in [-0.39, 0.29) is 0 Å². The minimum atomic E-state index is 0.671. The molecule has 0 aliphatic carbocycles. The second-order valence-corrected chi connectivity index (χ2v) is 5.48. The van der Waals surface area contributed by atoms with E-state index in [1.54, 1.807) is 0 Å². The van der Waals surface area contributed by atoms with Crippen LogP contribution in [0.3, 0.4) is 0 Å². The number of unbranched alkanes of at least 4 members (excludes halogenated alkanes) is 2. The maximum absolute atomic E-state index is 3.62. The first-order valence-corrected chi connectivity index (χ1v) is 7.59. The van der Waals surface area contributed by atoms with E-state index in [1.807, 2.05) is 0 Å². The summed E-state index contributed by atoms with van der Waals surface area (Å²) in [5.41, 5.74) is 0. The summed E-state index contributed by atoms with van der Waals surface area (Å²) in [6.45, 7) is 15.0. The van der Waals surface area contributed by atoms with Crippen molar-refractivity contribution < 1.29 is 0 Å². The first kappa shape index (κ1) is 16.9. The summed E-state index contributed by atoms with van der Waals surface area (Å²) in [5, 5.41) is 3.62. The zero-order valence-electron chi connectivity index (χ0n) is 12.8. The van der Waals surface area contributed by atoms with Gasteiger partial charge in [0.05, 0.1) is 0 Å².